The molecule has 2 heterocycles. The van der Waals surface area contributed by atoms with Crippen LogP contribution < -0.4 is 10.2 Å². The van der Waals surface area contributed by atoms with Crippen molar-refractivity contribution < 1.29 is 14.4 Å². The largest absolute Gasteiger partial charge is 0.323 e. The molecule has 0 atom stereocenters. The van der Waals surface area contributed by atoms with Crippen LogP contribution in [0.5, 0.6) is 0 Å². The lowest BCUT2D eigenvalue weighted by Gasteiger charge is -2.28. The summed E-state index contributed by atoms with van der Waals surface area (Å²) in [5, 5.41) is 6.85. The molecule has 0 radical (unpaired) electrons. The molecular formula is C16H16N4O3. The lowest BCUT2D eigenvalue weighted by Crippen LogP contribution is -2.45. The van der Waals surface area contributed by atoms with Crippen molar-refractivity contribution in [2.24, 2.45) is 7.05 Å². The van der Waals surface area contributed by atoms with E-state index in [1.54, 1.807) is 49.8 Å². The van der Waals surface area contributed by atoms with Gasteiger partial charge in [-0.2, -0.15) is 5.10 Å². The van der Waals surface area contributed by atoms with Crippen LogP contribution in [0.1, 0.15) is 21.7 Å². The first-order chi connectivity index (χ1) is 10.9. The Hall–Kier alpha value is -2.96. The summed E-state index contributed by atoms with van der Waals surface area (Å²) in [6.07, 6.45) is 0. The van der Waals surface area contributed by atoms with Crippen molar-refractivity contribution >= 4 is 29.0 Å². The van der Waals surface area contributed by atoms with Crippen LogP contribution in [0.15, 0.2) is 24.3 Å². The average Bonchev–Trinajstić information content (AvgIpc) is 2.77. The number of benzene rings is 1. The van der Waals surface area contributed by atoms with Gasteiger partial charge in [0.15, 0.2) is 0 Å². The third-order valence-electron chi connectivity index (χ3n) is 3.95. The number of nitrogens with one attached hydrogen (secondary N) is 1. The molecule has 118 valence electrons. The van der Waals surface area contributed by atoms with Crippen molar-refractivity contribution in [3.63, 3.8) is 0 Å². The summed E-state index contributed by atoms with van der Waals surface area (Å²) in [5.74, 6) is -1.71. The number of aryl methyl sites for hydroxylation is 2. The molecular weight excluding hydrogens is 296 g/mol. The SMILES string of the molecule is Cc1nn(C)c(C)c1C(=O)C(=O)N1CC(=O)Nc2ccccc21. The minimum Gasteiger partial charge on any atom is -0.323 e. The van der Waals surface area contributed by atoms with Crippen LogP contribution in [0.2, 0.25) is 0 Å². The molecule has 1 aliphatic heterocycles. The zero-order valence-electron chi connectivity index (χ0n) is 13.1. The van der Waals surface area contributed by atoms with Gasteiger partial charge in [0.05, 0.1) is 22.6 Å². The van der Waals surface area contributed by atoms with Crippen LogP contribution in [0, 0.1) is 13.8 Å². The van der Waals surface area contributed by atoms with Gasteiger partial charge in [0.1, 0.15) is 6.54 Å². The van der Waals surface area contributed by atoms with Crippen LogP contribution in [-0.2, 0) is 16.6 Å². The zero-order valence-corrected chi connectivity index (χ0v) is 13.1. The molecule has 0 saturated carbocycles. The fraction of sp³-hybridized carbons (Fsp3) is 0.250. The molecule has 0 unspecified atom stereocenters. The van der Waals surface area contributed by atoms with E-state index in [0.717, 1.165) is 0 Å². The van der Waals surface area contributed by atoms with Gasteiger partial charge in [0.25, 0.3) is 11.7 Å². The Kier molecular flexibility index (Phi) is 3.48. The highest BCUT2D eigenvalue weighted by atomic mass is 16.2. The Morgan fingerprint density at radius 3 is 2.57 bits per heavy atom. The molecule has 0 spiro atoms. The minimum atomic E-state index is -0.730. The van der Waals surface area contributed by atoms with Gasteiger partial charge >= 0.3 is 0 Å². The molecule has 23 heavy (non-hydrogen) atoms. The molecule has 1 N–H and O–H groups in total. The molecule has 0 bridgehead atoms. The molecule has 7 nitrogen and oxygen atoms in total. The summed E-state index contributed by atoms with van der Waals surface area (Å²) in [5.41, 5.74) is 2.45. The quantitative estimate of drug-likeness (QED) is 0.667. The Morgan fingerprint density at radius 1 is 1.22 bits per heavy atom. The maximum atomic E-state index is 12.7. The predicted octanol–water partition coefficient (Wildman–Crippen LogP) is 1.20. The van der Waals surface area contributed by atoms with Crippen molar-refractivity contribution in [3.8, 4) is 0 Å². The van der Waals surface area contributed by atoms with Crippen LogP contribution >= 0.6 is 0 Å². The first-order valence-corrected chi connectivity index (χ1v) is 7.15. The van der Waals surface area contributed by atoms with Crippen molar-refractivity contribution in [2.75, 3.05) is 16.8 Å². The monoisotopic (exact) mass is 312 g/mol. The highest BCUT2D eigenvalue weighted by Gasteiger charge is 2.33. The van der Waals surface area contributed by atoms with E-state index in [9.17, 15) is 14.4 Å². The van der Waals surface area contributed by atoms with Gasteiger partial charge < -0.3 is 5.32 Å². The average molecular weight is 312 g/mol. The third-order valence-corrected chi connectivity index (χ3v) is 3.95. The summed E-state index contributed by atoms with van der Waals surface area (Å²) in [6, 6.07) is 6.90. The standard InChI is InChI=1S/C16H16N4O3/c1-9-14(10(2)19(3)18-9)15(22)16(23)20-8-13(21)17-11-6-4-5-7-12(11)20/h4-7H,8H2,1-3H3,(H,17,21). The van der Waals surface area contributed by atoms with Crippen LogP contribution in [0.4, 0.5) is 11.4 Å². The highest BCUT2D eigenvalue weighted by Crippen LogP contribution is 2.29. The van der Waals surface area contributed by atoms with Crippen molar-refractivity contribution in [3.05, 3.63) is 41.2 Å². The van der Waals surface area contributed by atoms with E-state index >= 15 is 0 Å². The van der Waals surface area contributed by atoms with E-state index in [2.05, 4.69) is 10.4 Å². The molecule has 1 aromatic carbocycles. The van der Waals surface area contributed by atoms with Gasteiger partial charge in [-0.3, -0.25) is 24.0 Å². The van der Waals surface area contributed by atoms with E-state index in [4.69, 9.17) is 0 Å². The number of rotatable bonds is 2. The maximum absolute atomic E-state index is 12.7. The van der Waals surface area contributed by atoms with Gasteiger partial charge in [-0.1, -0.05) is 12.1 Å². The fourth-order valence-electron chi connectivity index (χ4n) is 2.75. The smallest absolute Gasteiger partial charge is 0.300 e. The fourth-order valence-corrected chi connectivity index (χ4v) is 2.75. The number of ketones is 1. The van der Waals surface area contributed by atoms with E-state index in [0.29, 0.717) is 28.3 Å². The number of para-hydroxylation sites is 2. The van der Waals surface area contributed by atoms with E-state index < -0.39 is 11.7 Å². The summed E-state index contributed by atoms with van der Waals surface area (Å²) >= 11 is 0. The zero-order chi connectivity index (χ0) is 16.7. The predicted molar refractivity (Wildman–Crippen MR) is 84.4 cm³/mol. The number of hydrogen-bond donors (Lipinski definition) is 1. The van der Waals surface area contributed by atoms with Crippen LogP contribution in [0.25, 0.3) is 0 Å². The summed E-state index contributed by atoms with van der Waals surface area (Å²) in [7, 11) is 1.72. The van der Waals surface area contributed by atoms with Crippen molar-refractivity contribution in [1.29, 1.82) is 0 Å². The number of anilines is 2. The molecule has 7 heteroatoms. The number of Topliss-reactive ketones (excluding diaryl/α,β-unsaturated/α-hetero) is 1. The van der Waals surface area contributed by atoms with Crippen molar-refractivity contribution in [2.45, 2.75) is 13.8 Å². The molecule has 0 saturated heterocycles. The van der Waals surface area contributed by atoms with Gasteiger partial charge in [-0.25, -0.2) is 0 Å². The van der Waals surface area contributed by atoms with E-state index in [1.165, 1.54) is 4.90 Å². The molecule has 1 aliphatic rings. The van der Waals surface area contributed by atoms with E-state index in [-0.39, 0.29) is 12.5 Å². The van der Waals surface area contributed by atoms with Gasteiger partial charge in [-0.15, -0.1) is 0 Å². The van der Waals surface area contributed by atoms with Crippen molar-refractivity contribution in [1.82, 2.24) is 9.78 Å². The second-order valence-corrected chi connectivity index (χ2v) is 5.46. The second kappa shape index (κ2) is 5.35. The molecule has 0 aliphatic carbocycles. The third kappa shape index (κ3) is 2.40. The van der Waals surface area contributed by atoms with Gasteiger partial charge in [0.2, 0.25) is 5.91 Å². The minimum absolute atomic E-state index is 0.181. The Balaban J connectivity index is 2.01. The number of amides is 2. The molecule has 2 aromatic rings. The first kappa shape index (κ1) is 15.0. The number of carbonyl (C=O) groups is 3. The second-order valence-electron chi connectivity index (χ2n) is 5.46. The number of nitrogens with zero attached hydrogens (tertiary/aromatic N) is 3. The lowest BCUT2D eigenvalue weighted by atomic mass is 10.1. The van der Waals surface area contributed by atoms with Gasteiger partial charge in [-0.05, 0) is 26.0 Å². The van der Waals surface area contributed by atoms with Gasteiger partial charge in [0, 0.05) is 12.7 Å². The summed E-state index contributed by atoms with van der Waals surface area (Å²) in [4.78, 5) is 38.3. The summed E-state index contributed by atoms with van der Waals surface area (Å²) < 4.78 is 1.56. The Bertz CT molecular complexity index is 838. The number of carbonyl (C=O) groups excluding carboxylic acids is 3. The Labute approximate surface area is 132 Å². The molecule has 3 rings (SSSR count). The highest BCUT2D eigenvalue weighted by molar-refractivity contribution is 6.48. The van der Waals surface area contributed by atoms with E-state index in [1.807, 2.05) is 0 Å². The number of hydrogen-bond acceptors (Lipinski definition) is 4. The lowest BCUT2D eigenvalue weighted by molar-refractivity contribution is -0.119. The molecule has 1 aromatic heterocycles. The number of aromatic nitrogens is 2. The molecule has 2 amide bonds. The first-order valence-electron chi connectivity index (χ1n) is 7.15. The van der Waals surface area contributed by atoms with Crippen LogP contribution in [-0.4, -0.2) is 33.9 Å². The summed E-state index contributed by atoms with van der Waals surface area (Å²) in [6.45, 7) is 3.24. The topological polar surface area (TPSA) is 84.3 Å². The number of fused-ring (bicyclic) bond motifs is 1. The Morgan fingerprint density at radius 2 is 1.91 bits per heavy atom. The maximum Gasteiger partial charge on any atom is 0.300 e. The van der Waals surface area contributed by atoms with Crippen LogP contribution in [0.3, 0.4) is 0 Å². The normalized spacial score (nSPS) is 13.5. The molecule has 0 fully saturated rings.